The molecule has 7 heterocycles. The molecule has 3 amide bonds. The van der Waals surface area contributed by atoms with Gasteiger partial charge in [-0.2, -0.15) is 41.1 Å². The van der Waals surface area contributed by atoms with E-state index in [0.29, 0.717) is 50.0 Å². The summed E-state index contributed by atoms with van der Waals surface area (Å²) in [5, 5.41) is 18.0. The zero-order valence-corrected chi connectivity index (χ0v) is 37.7. The monoisotopic (exact) mass is 969 g/mol. The normalized spacial score (nSPS) is 25.4. The third-order valence-corrected chi connectivity index (χ3v) is 13.9. The Morgan fingerprint density at radius 3 is 2.65 bits per heavy atom. The molecule has 5 aromatic rings. The topological polar surface area (TPSA) is 166 Å². The maximum Gasteiger partial charge on any atom is 0.416 e. The average Bonchev–Trinajstić information content (AvgIpc) is 4.01. The number of imide groups is 1. The van der Waals surface area contributed by atoms with Crippen LogP contribution in [-0.2, 0) is 26.1 Å². The van der Waals surface area contributed by atoms with Crippen molar-refractivity contribution in [3.63, 3.8) is 0 Å². The smallest absolute Gasteiger partial charge is 0.365 e. The fraction of sp³-hybridized carbons (Fsp3) is 0.533. The Labute approximate surface area is 391 Å². The molecule has 4 fully saturated rings. The molecule has 362 valence electrons. The third-order valence-electron chi connectivity index (χ3n) is 13.2. The number of carbonyl (C=O) groups excluding carboxylic acids is 3. The summed E-state index contributed by atoms with van der Waals surface area (Å²) in [4.78, 5) is 45.7. The van der Waals surface area contributed by atoms with Crippen molar-refractivity contribution in [2.75, 3.05) is 56.2 Å². The van der Waals surface area contributed by atoms with Crippen molar-refractivity contribution in [2.24, 2.45) is 13.0 Å². The number of nitrogens with zero attached hydrogens (tertiary/aromatic N) is 9. The van der Waals surface area contributed by atoms with E-state index in [-0.39, 0.29) is 79.2 Å². The SMILES string of the molecule is Cn1nc(C2CCC(=O)NC2=O)c2cccc(C#CCO[C@H]3CCN(C[C@H]4CC[C@H](n5cc(NC(=O)c6cnn7ccc(N8CCOC(C(F)(F)F)C8)nc67)c(C(F)F)n5)CC4)C[C@@H](F)C3S)c21. The Morgan fingerprint density at radius 2 is 1.88 bits per heavy atom. The minimum atomic E-state index is -4.57. The summed E-state index contributed by atoms with van der Waals surface area (Å²) in [6, 6.07) is 6.82. The first-order chi connectivity index (χ1) is 32.6. The maximum absolute atomic E-state index is 15.6. The second-order valence-corrected chi connectivity index (χ2v) is 18.3. The number of benzene rings is 1. The number of halogens is 6. The summed E-state index contributed by atoms with van der Waals surface area (Å²) < 4.78 is 99.9. The summed E-state index contributed by atoms with van der Waals surface area (Å²) >= 11 is 4.62. The molecule has 5 atom stereocenters. The number of aromatic nitrogens is 7. The highest BCUT2D eigenvalue weighted by atomic mass is 32.1. The zero-order chi connectivity index (χ0) is 47.9. The highest BCUT2D eigenvalue weighted by Gasteiger charge is 2.44. The van der Waals surface area contributed by atoms with Crippen LogP contribution in [0.1, 0.15) is 90.6 Å². The molecule has 4 aliphatic rings. The molecule has 0 spiro atoms. The number of likely N-dealkylation sites (tertiary alicyclic amines) is 1. The van der Waals surface area contributed by atoms with E-state index in [1.165, 1.54) is 38.8 Å². The second-order valence-electron chi connectivity index (χ2n) is 17.7. The number of thiol groups is 1. The Hall–Kier alpha value is -5.70. The van der Waals surface area contributed by atoms with Gasteiger partial charge in [0.15, 0.2) is 17.4 Å². The summed E-state index contributed by atoms with van der Waals surface area (Å²) in [5.41, 5.74) is 1.21. The van der Waals surface area contributed by atoms with Crippen molar-refractivity contribution in [1.29, 1.82) is 0 Å². The highest BCUT2D eigenvalue weighted by Crippen LogP contribution is 2.37. The number of morpholine rings is 1. The lowest BCUT2D eigenvalue weighted by atomic mass is 9.85. The zero-order valence-electron chi connectivity index (χ0n) is 36.8. The number of nitrogens with one attached hydrogen (secondary N) is 2. The van der Waals surface area contributed by atoms with E-state index >= 15 is 4.39 Å². The van der Waals surface area contributed by atoms with Crippen LogP contribution >= 0.6 is 12.6 Å². The number of anilines is 2. The first-order valence-corrected chi connectivity index (χ1v) is 23.0. The average molecular weight is 970 g/mol. The lowest BCUT2D eigenvalue weighted by Crippen LogP contribution is -2.49. The van der Waals surface area contributed by atoms with Gasteiger partial charge in [0, 0.05) is 57.4 Å². The number of fused-ring (bicyclic) bond motifs is 2. The van der Waals surface area contributed by atoms with Crippen LogP contribution in [0.2, 0.25) is 0 Å². The Kier molecular flexibility index (Phi) is 13.7. The molecule has 4 aromatic heterocycles. The van der Waals surface area contributed by atoms with E-state index in [0.717, 1.165) is 23.7 Å². The van der Waals surface area contributed by atoms with Crippen molar-refractivity contribution in [3.8, 4) is 11.8 Å². The molecular weight excluding hydrogens is 921 g/mol. The minimum absolute atomic E-state index is 0.0293. The van der Waals surface area contributed by atoms with Gasteiger partial charge in [-0.05, 0) is 56.6 Å². The van der Waals surface area contributed by atoms with E-state index in [4.69, 9.17) is 9.47 Å². The van der Waals surface area contributed by atoms with Gasteiger partial charge in [-0.25, -0.2) is 22.7 Å². The van der Waals surface area contributed by atoms with E-state index in [1.807, 2.05) is 18.2 Å². The van der Waals surface area contributed by atoms with E-state index in [1.54, 1.807) is 11.7 Å². The van der Waals surface area contributed by atoms with Crippen LogP contribution in [0.5, 0.6) is 0 Å². The van der Waals surface area contributed by atoms with Crippen LogP contribution in [0.15, 0.2) is 42.9 Å². The molecule has 16 nitrogen and oxygen atoms in total. The van der Waals surface area contributed by atoms with Crippen molar-refractivity contribution in [2.45, 2.75) is 93.1 Å². The molecule has 1 aliphatic carbocycles. The van der Waals surface area contributed by atoms with Gasteiger partial charge in [0.25, 0.3) is 12.3 Å². The Morgan fingerprint density at radius 1 is 1.07 bits per heavy atom. The van der Waals surface area contributed by atoms with Crippen LogP contribution < -0.4 is 15.5 Å². The second kappa shape index (κ2) is 19.7. The standard InChI is InChI=1S/C45H49F6N11O5S/c1-58-39-26(4-2-6-28(39)37(56-58)29-11-12-36(63)55-43(29)64)5-3-18-66-33-13-15-59(22-31(46)40(33)68)21-25-7-9-27(10-8-25)62-23-32(38(57-62)41(47)48)53-44(65)30-20-52-61-16-14-35(54-42(30)61)60-17-19-67-34(24-60)45(49,50)51/h2,4,6,14,16,20,23,25,27,29,31,33-34,40-41,68H,7-13,15,17-19,21-22,24H2,1H3,(H,53,65)(H,55,63,64)/t25-,27-,29?,31-,33+,34?,40?/m1/s1. The van der Waals surface area contributed by atoms with Crippen molar-refractivity contribution in [3.05, 3.63) is 65.4 Å². The first kappa shape index (κ1) is 47.4. The van der Waals surface area contributed by atoms with Gasteiger partial charge < -0.3 is 24.6 Å². The molecule has 3 unspecified atom stereocenters. The van der Waals surface area contributed by atoms with Crippen LogP contribution in [0.25, 0.3) is 16.6 Å². The lowest BCUT2D eigenvalue weighted by Gasteiger charge is -2.34. The predicted octanol–water partition coefficient (Wildman–Crippen LogP) is 5.80. The van der Waals surface area contributed by atoms with Gasteiger partial charge in [0.2, 0.25) is 11.8 Å². The van der Waals surface area contributed by atoms with Crippen LogP contribution in [0, 0.1) is 17.8 Å². The number of carbonyl (C=O) groups is 3. The molecule has 1 aromatic carbocycles. The molecule has 9 rings (SSSR count). The summed E-state index contributed by atoms with van der Waals surface area (Å²) in [6.07, 6.45) is -3.39. The van der Waals surface area contributed by atoms with Gasteiger partial charge >= 0.3 is 6.18 Å². The molecule has 1 saturated carbocycles. The van der Waals surface area contributed by atoms with Crippen molar-refractivity contribution < 1.29 is 50.2 Å². The van der Waals surface area contributed by atoms with Gasteiger partial charge in [0.1, 0.15) is 24.2 Å². The fourth-order valence-electron chi connectivity index (χ4n) is 9.71. The number of piperidine rings is 1. The summed E-state index contributed by atoms with van der Waals surface area (Å²) in [7, 11) is 1.78. The van der Waals surface area contributed by atoms with E-state index in [9.17, 15) is 36.3 Å². The Balaban J connectivity index is 0.779. The van der Waals surface area contributed by atoms with Crippen LogP contribution in [-0.4, -0.2) is 133 Å². The maximum atomic E-state index is 15.6. The van der Waals surface area contributed by atoms with E-state index in [2.05, 4.69) is 60.3 Å². The van der Waals surface area contributed by atoms with Crippen molar-refractivity contribution in [1.82, 2.24) is 44.4 Å². The number of rotatable bonds is 10. The van der Waals surface area contributed by atoms with E-state index < -0.39 is 60.3 Å². The largest absolute Gasteiger partial charge is 0.416 e. The molecule has 0 radical (unpaired) electrons. The molecule has 23 heteroatoms. The number of aryl methyl sites for hydroxylation is 1. The minimum Gasteiger partial charge on any atom is -0.365 e. The fourth-order valence-corrected chi connectivity index (χ4v) is 10.0. The number of alkyl halides is 6. The molecule has 3 aliphatic heterocycles. The van der Waals surface area contributed by atoms with Gasteiger partial charge in [0.05, 0.1) is 65.1 Å². The van der Waals surface area contributed by atoms with Gasteiger partial charge in [-0.1, -0.05) is 24.0 Å². The number of amides is 3. The molecule has 2 N–H and O–H groups in total. The molecule has 3 saturated heterocycles. The molecular formula is C45H49F6N11O5S. The number of para-hydroxylation sites is 1. The summed E-state index contributed by atoms with van der Waals surface area (Å²) in [5.74, 6) is 4.61. The number of ether oxygens (including phenoxy) is 2. The lowest BCUT2D eigenvalue weighted by molar-refractivity contribution is -0.221. The Bertz CT molecular complexity index is 2740. The highest BCUT2D eigenvalue weighted by molar-refractivity contribution is 7.81. The third kappa shape index (κ3) is 10.0. The molecule has 0 bridgehead atoms. The van der Waals surface area contributed by atoms with Crippen LogP contribution in [0.3, 0.4) is 0 Å². The predicted molar refractivity (Wildman–Crippen MR) is 238 cm³/mol. The van der Waals surface area contributed by atoms with Crippen molar-refractivity contribution >= 4 is 58.4 Å². The number of hydrogen-bond acceptors (Lipinski definition) is 12. The van der Waals surface area contributed by atoms with Crippen LogP contribution in [0.4, 0.5) is 37.8 Å². The number of hydrogen-bond donors (Lipinski definition) is 3. The summed E-state index contributed by atoms with van der Waals surface area (Å²) in [6.45, 7) is 0.931. The van der Waals surface area contributed by atoms with Gasteiger partial charge in [-0.3, -0.25) is 29.1 Å². The quantitative estimate of drug-likeness (QED) is 0.0671. The molecule has 68 heavy (non-hydrogen) atoms. The van der Waals surface area contributed by atoms with Gasteiger partial charge in [-0.15, -0.1) is 0 Å². The first-order valence-electron chi connectivity index (χ1n) is 22.5.